The van der Waals surface area contributed by atoms with Crippen molar-refractivity contribution in [1.82, 2.24) is 0 Å². The number of nitrogens with two attached hydrogens (primary N) is 1. The lowest BCUT2D eigenvalue weighted by Gasteiger charge is -2.24. The first-order valence-corrected chi connectivity index (χ1v) is 8.41. The lowest BCUT2D eigenvalue weighted by molar-refractivity contribution is -0.707. The van der Waals surface area contributed by atoms with Crippen LogP contribution in [0, 0.1) is 19.8 Å². The van der Waals surface area contributed by atoms with E-state index in [1.165, 1.54) is 25.7 Å². The van der Waals surface area contributed by atoms with Crippen molar-refractivity contribution in [2.24, 2.45) is 5.92 Å². The molecule has 0 spiro atoms. The molecule has 0 bridgehead atoms. The summed E-state index contributed by atoms with van der Waals surface area (Å²) in [6, 6.07) is 6.57. The molecule has 0 unspecified atom stereocenters. The standard InChI is InChI=1S/C19H25NO2/c1-12-4-7-16(8-5-12)20-11-15-10-18(21)22-19-14(3)13(2)6-9-17(15)19/h6,9-10,12,16,20H,4-5,7-8,11H2,1-3H3/p+1. The van der Waals surface area contributed by atoms with Gasteiger partial charge in [0.2, 0.25) is 0 Å². The largest absolute Gasteiger partial charge is 0.422 e. The Balaban J connectivity index is 1.84. The number of hydrogen-bond acceptors (Lipinski definition) is 2. The molecule has 2 aromatic rings. The predicted octanol–water partition coefficient (Wildman–Crippen LogP) is 3.05. The van der Waals surface area contributed by atoms with Crippen LogP contribution in [0.3, 0.4) is 0 Å². The van der Waals surface area contributed by atoms with Gasteiger partial charge in [-0.25, -0.2) is 4.79 Å². The molecule has 1 aliphatic carbocycles. The third-order valence-corrected chi connectivity index (χ3v) is 5.25. The van der Waals surface area contributed by atoms with E-state index < -0.39 is 0 Å². The van der Waals surface area contributed by atoms with Crippen LogP contribution in [0.15, 0.2) is 27.4 Å². The molecule has 0 saturated heterocycles. The highest BCUT2D eigenvalue weighted by Crippen LogP contribution is 2.24. The Kier molecular flexibility index (Phi) is 4.34. The summed E-state index contributed by atoms with van der Waals surface area (Å²) >= 11 is 0. The Labute approximate surface area is 131 Å². The SMILES string of the molecule is Cc1ccc2c(C[NH2+]C3CCC(C)CC3)cc(=O)oc2c1C. The second kappa shape index (κ2) is 6.25. The molecule has 0 radical (unpaired) electrons. The van der Waals surface area contributed by atoms with Crippen molar-refractivity contribution in [3.63, 3.8) is 0 Å². The van der Waals surface area contributed by atoms with E-state index in [-0.39, 0.29) is 5.63 Å². The minimum atomic E-state index is -0.234. The van der Waals surface area contributed by atoms with Crippen molar-refractivity contribution >= 4 is 11.0 Å². The van der Waals surface area contributed by atoms with E-state index in [4.69, 9.17) is 4.42 Å². The normalized spacial score (nSPS) is 22.1. The molecular weight excluding hydrogens is 274 g/mol. The molecule has 0 atom stereocenters. The molecular formula is C19H26NO2+. The fraction of sp³-hybridized carbons (Fsp3) is 0.526. The van der Waals surface area contributed by atoms with E-state index in [9.17, 15) is 4.79 Å². The Hall–Kier alpha value is -1.61. The van der Waals surface area contributed by atoms with Gasteiger partial charge in [-0.05, 0) is 56.6 Å². The predicted molar refractivity (Wildman–Crippen MR) is 89.0 cm³/mol. The van der Waals surface area contributed by atoms with Crippen LogP contribution in [0.2, 0.25) is 0 Å². The van der Waals surface area contributed by atoms with E-state index in [0.717, 1.165) is 40.1 Å². The van der Waals surface area contributed by atoms with Crippen LogP contribution in [0.25, 0.3) is 11.0 Å². The summed E-state index contributed by atoms with van der Waals surface area (Å²) in [5.74, 6) is 0.875. The number of fused-ring (bicyclic) bond motifs is 1. The summed E-state index contributed by atoms with van der Waals surface area (Å²) in [4.78, 5) is 11.9. The fourth-order valence-electron chi connectivity index (χ4n) is 3.51. The van der Waals surface area contributed by atoms with Crippen LogP contribution in [0.5, 0.6) is 0 Å². The van der Waals surface area contributed by atoms with Crippen LogP contribution < -0.4 is 10.9 Å². The molecule has 22 heavy (non-hydrogen) atoms. The smallest absolute Gasteiger partial charge is 0.336 e. The maximum absolute atomic E-state index is 11.9. The van der Waals surface area contributed by atoms with Gasteiger partial charge in [-0.3, -0.25) is 0 Å². The monoisotopic (exact) mass is 300 g/mol. The molecule has 2 N–H and O–H groups in total. The highest BCUT2D eigenvalue weighted by atomic mass is 16.4. The number of hydrogen-bond donors (Lipinski definition) is 1. The number of benzene rings is 1. The van der Waals surface area contributed by atoms with Gasteiger partial charge in [0.25, 0.3) is 0 Å². The molecule has 1 aliphatic rings. The zero-order valence-electron chi connectivity index (χ0n) is 13.8. The van der Waals surface area contributed by atoms with Gasteiger partial charge in [-0.2, -0.15) is 0 Å². The maximum atomic E-state index is 11.9. The van der Waals surface area contributed by atoms with Crippen LogP contribution in [0.1, 0.15) is 49.3 Å². The van der Waals surface area contributed by atoms with Gasteiger partial charge in [-0.15, -0.1) is 0 Å². The second-order valence-corrected chi connectivity index (χ2v) is 6.93. The number of aryl methyl sites for hydroxylation is 2. The zero-order valence-corrected chi connectivity index (χ0v) is 13.8. The molecule has 1 saturated carbocycles. The number of rotatable bonds is 3. The minimum absolute atomic E-state index is 0.234. The third-order valence-electron chi connectivity index (χ3n) is 5.25. The molecule has 1 heterocycles. The second-order valence-electron chi connectivity index (χ2n) is 6.93. The quantitative estimate of drug-likeness (QED) is 0.886. The summed E-state index contributed by atoms with van der Waals surface area (Å²) in [7, 11) is 0. The summed E-state index contributed by atoms with van der Waals surface area (Å²) in [5.41, 5.74) is 3.86. The van der Waals surface area contributed by atoms with Gasteiger partial charge in [0, 0.05) is 17.0 Å². The molecule has 0 amide bonds. The Bertz CT molecular complexity index is 724. The Morgan fingerprint density at radius 1 is 1.18 bits per heavy atom. The van der Waals surface area contributed by atoms with Crippen molar-refractivity contribution in [2.75, 3.05) is 0 Å². The van der Waals surface area contributed by atoms with Crippen LogP contribution in [-0.2, 0) is 6.54 Å². The maximum Gasteiger partial charge on any atom is 0.336 e. The van der Waals surface area contributed by atoms with Crippen LogP contribution in [0.4, 0.5) is 0 Å². The first-order chi connectivity index (χ1) is 10.5. The molecule has 0 aliphatic heterocycles. The molecule has 3 nitrogen and oxygen atoms in total. The summed E-state index contributed by atoms with van der Waals surface area (Å²) < 4.78 is 5.45. The van der Waals surface area contributed by atoms with Gasteiger partial charge in [0.05, 0.1) is 6.04 Å². The average molecular weight is 300 g/mol. The first-order valence-electron chi connectivity index (χ1n) is 8.41. The third kappa shape index (κ3) is 3.09. The van der Waals surface area contributed by atoms with Gasteiger partial charge >= 0.3 is 5.63 Å². The average Bonchev–Trinajstić information content (AvgIpc) is 2.50. The lowest BCUT2D eigenvalue weighted by atomic mass is 9.87. The molecule has 1 aromatic heterocycles. The molecule has 1 fully saturated rings. The van der Waals surface area contributed by atoms with Gasteiger partial charge in [-0.1, -0.05) is 19.1 Å². The van der Waals surface area contributed by atoms with E-state index in [1.807, 2.05) is 6.92 Å². The molecule has 118 valence electrons. The van der Waals surface area contributed by atoms with E-state index in [1.54, 1.807) is 6.07 Å². The van der Waals surface area contributed by atoms with Crippen molar-refractivity contribution in [3.05, 3.63) is 45.3 Å². The van der Waals surface area contributed by atoms with Crippen LogP contribution >= 0.6 is 0 Å². The zero-order chi connectivity index (χ0) is 15.7. The Morgan fingerprint density at radius 2 is 1.91 bits per heavy atom. The van der Waals surface area contributed by atoms with Gasteiger partial charge in [0.15, 0.2) is 0 Å². The van der Waals surface area contributed by atoms with Gasteiger partial charge in [0.1, 0.15) is 12.1 Å². The summed E-state index contributed by atoms with van der Waals surface area (Å²) in [6.45, 7) is 7.29. The van der Waals surface area contributed by atoms with E-state index >= 15 is 0 Å². The van der Waals surface area contributed by atoms with Crippen molar-refractivity contribution < 1.29 is 9.73 Å². The van der Waals surface area contributed by atoms with Crippen molar-refractivity contribution in [2.45, 2.75) is 59.0 Å². The molecule has 1 aromatic carbocycles. The van der Waals surface area contributed by atoms with Gasteiger partial charge < -0.3 is 9.73 Å². The fourth-order valence-corrected chi connectivity index (χ4v) is 3.51. The van der Waals surface area contributed by atoms with E-state index in [0.29, 0.717) is 6.04 Å². The summed E-state index contributed by atoms with van der Waals surface area (Å²) in [5, 5.41) is 3.50. The summed E-state index contributed by atoms with van der Waals surface area (Å²) in [6.07, 6.45) is 5.24. The highest BCUT2D eigenvalue weighted by molar-refractivity contribution is 5.83. The van der Waals surface area contributed by atoms with Crippen molar-refractivity contribution in [1.29, 1.82) is 0 Å². The highest BCUT2D eigenvalue weighted by Gasteiger charge is 2.21. The molecule has 3 rings (SSSR count). The lowest BCUT2D eigenvalue weighted by Crippen LogP contribution is -2.88. The minimum Gasteiger partial charge on any atom is -0.422 e. The first kappa shape index (κ1) is 15.3. The van der Waals surface area contributed by atoms with E-state index in [2.05, 4.69) is 31.3 Å². The molecule has 3 heteroatoms. The van der Waals surface area contributed by atoms with Crippen LogP contribution in [-0.4, -0.2) is 6.04 Å². The topological polar surface area (TPSA) is 46.8 Å². The Morgan fingerprint density at radius 3 is 2.64 bits per heavy atom. The van der Waals surface area contributed by atoms with Crippen molar-refractivity contribution in [3.8, 4) is 0 Å². The number of quaternary nitrogens is 1.